The SMILES string of the molecule is C[C@@H](N)C(=O)OCCCNc1cccc2c1C(=O)c1ccccc1C2=O. The molecular weight excluding hydrogens is 332 g/mol. The number of hydrogen-bond acceptors (Lipinski definition) is 6. The van der Waals surface area contributed by atoms with Crippen molar-refractivity contribution in [2.45, 2.75) is 19.4 Å². The van der Waals surface area contributed by atoms with Gasteiger partial charge in [0.15, 0.2) is 11.6 Å². The molecule has 2 aromatic carbocycles. The van der Waals surface area contributed by atoms with Crippen molar-refractivity contribution in [2.24, 2.45) is 5.73 Å². The molecule has 0 unspecified atom stereocenters. The highest BCUT2D eigenvalue weighted by atomic mass is 16.5. The maximum absolute atomic E-state index is 12.9. The lowest BCUT2D eigenvalue weighted by molar-refractivity contribution is -0.144. The monoisotopic (exact) mass is 352 g/mol. The molecule has 0 heterocycles. The molecule has 6 nitrogen and oxygen atoms in total. The third-order valence-corrected chi connectivity index (χ3v) is 4.21. The van der Waals surface area contributed by atoms with Gasteiger partial charge in [-0.1, -0.05) is 36.4 Å². The molecule has 1 aliphatic rings. The van der Waals surface area contributed by atoms with Gasteiger partial charge in [0.2, 0.25) is 0 Å². The van der Waals surface area contributed by atoms with Crippen molar-refractivity contribution >= 4 is 23.2 Å². The van der Waals surface area contributed by atoms with E-state index in [4.69, 9.17) is 10.5 Å². The maximum atomic E-state index is 12.9. The smallest absolute Gasteiger partial charge is 0.322 e. The highest BCUT2D eigenvalue weighted by molar-refractivity contribution is 6.30. The van der Waals surface area contributed by atoms with Crippen LogP contribution in [-0.2, 0) is 9.53 Å². The predicted molar refractivity (Wildman–Crippen MR) is 97.5 cm³/mol. The zero-order valence-electron chi connectivity index (χ0n) is 14.5. The molecule has 0 aromatic heterocycles. The molecule has 0 radical (unpaired) electrons. The van der Waals surface area contributed by atoms with E-state index in [0.29, 0.717) is 40.9 Å². The fourth-order valence-corrected chi connectivity index (χ4v) is 2.89. The second-order valence-electron chi connectivity index (χ2n) is 6.17. The number of anilines is 1. The van der Waals surface area contributed by atoms with E-state index in [1.165, 1.54) is 0 Å². The first-order valence-electron chi connectivity index (χ1n) is 8.48. The third-order valence-electron chi connectivity index (χ3n) is 4.21. The van der Waals surface area contributed by atoms with Gasteiger partial charge in [0.05, 0.1) is 12.2 Å². The Morgan fingerprint density at radius 1 is 1.04 bits per heavy atom. The number of ketones is 2. The van der Waals surface area contributed by atoms with Crippen LogP contribution >= 0.6 is 0 Å². The number of esters is 1. The number of fused-ring (bicyclic) bond motifs is 2. The Labute approximate surface area is 151 Å². The molecule has 0 aliphatic heterocycles. The van der Waals surface area contributed by atoms with Gasteiger partial charge in [-0.25, -0.2) is 0 Å². The van der Waals surface area contributed by atoms with Gasteiger partial charge in [-0.15, -0.1) is 0 Å². The van der Waals surface area contributed by atoms with Gasteiger partial charge in [0.1, 0.15) is 6.04 Å². The minimum atomic E-state index is -0.646. The summed E-state index contributed by atoms with van der Waals surface area (Å²) in [6.07, 6.45) is 0.556. The predicted octanol–water partition coefficient (Wildman–Crippen LogP) is 2.15. The van der Waals surface area contributed by atoms with E-state index in [1.807, 2.05) is 0 Å². The van der Waals surface area contributed by atoms with Crippen LogP contribution in [0.2, 0.25) is 0 Å². The van der Waals surface area contributed by atoms with Gasteiger partial charge in [-0.05, 0) is 19.4 Å². The van der Waals surface area contributed by atoms with Gasteiger partial charge in [-0.2, -0.15) is 0 Å². The van der Waals surface area contributed by atoms with E-state index < -0.39 is 12.0 Å². The zero-order chi connectivity index (χ0) is 18.7. The second kappa shape index (κ2) is 7.49. The minimum absolute atomic E-state index is 0.148. The molecule has 0 amide bonds. The summed E-state index contributed by atoms with van der Waals surface area (Å²) in [4.78, 5) is 36.8. The lowest BCUT2D eigenvalue weighted by Crippen LogP contribution is -2.29. The van der Waals surface area contributed by atoms with Crippen LogP contribution in [-0.4, -0.2) is 36.7 Å². The van der Waals surface area contributed by atoms with Crippen LogP contribution in [0.25, 0.3) is 0 Å². The van der Waals surface area contributed by atoms with Gasteiger partial charge in [-0.3, -0.25) is 14.4 Å². The molecule has 0 saturated heterocycles. The number of hydrogen-bond donors (Lipinski definition) is 2. The normalized spacial score (nSPS) is 13.6. The molecule has 0 saturated carbocycles. The second-order valence-corrected chi connectivity index (χ2v) is 6.17. The number of benzene rings is 2. The highest BCUT2D eigenvalue weighted by Crippen LogP contribution is 2.31. The first-order chi connectivity index (χ1) is 12.5. The summed E-state index contributed by atoms with van der Waals surface area (Å²) in [7, 11) is 0. The van der Waals surface area contributed by atoms with E-state index in [2.05, 4.69) is 5.32 Å². The van der Waals surface area contributed by atoms with Crippen molar-refractivity contribution in [3.8, 4) is 0 Å². The van der Waals surface area contributed by atoms with Crippen LogP contribution in [0, 0.1) is 0 Å². The Morgan fingerprint density at radius 2 is 1.69 bits per heavy atom. The molecule has 6 heteroatoms. The fourth-order valence-electron chi connectivity index (χ4n) is 2.89. The number of carbonyl (C=O) groups is 3. The molecule has 26 heavy (non-hydrogen) atoms. The Bertz CT molecular complexity index is 874. The summed E-state index contributed by atoms with van der Waals surface area (Å²) in [6.45, 7) is 2.29. The molecule has 0 bridgehead atoms. The van der Waals surface area contributed by atoms with Crippen molar-refractivity contribution in [3.63, 3.8) is 0 Å². The quantitative estimate of drug-likeness (QED) is 0.521. The number of ether oxygens (including phenoxy) is 1. The minimum Gasteiger partial charge on any atom is -0.464 e. The fraction of sp³-hybridized carbons (Fsp3) is 0.250. The number of nitrogens with one attached hydrogen (secondary N) is 1. The average molecular weight is 352 g/mol. The Morgan fingerprint density at radius 3 is 2.38 bits per heavy atom. The largest absolute Gasteiger partial charge is 0.464 e. The van der Waals surface area contributed by atoms with Crippen LogP contribution in [0.3, 0.4) is 0 Å². The molecule has 0 spiro atoms. The van der Waals surface area contributed by atoms with E-state index in [1.54, 1.807) is 49.4 Å². The molecular formula is C20H20N2O4. The summed E-state index contributed by atoms with van der Waals surface area (Å²) in [5.74, 6) is -0.758. The van der Waals surface area contributed by atoms with Crippen molar-refractivity contribution in [3.05, 3.63) is 64.7 Å². The number of nitrogens with two attached hydrogens (primary N) is 1. The third kappa shape index (κ3) is 3.36. The Kier molecular flexibility index (Phi) is 5.14. The molecule has 0 fully saturated rings. The molecule has 3 N–H and O–H groups in total. The van der Waals surface area contributed by atoms with Gasteiger partial charge < -0.3 is 15.8 Å². The van der Waals surface area contributed by atoms with Gasteiger partial charge in [0, 0.05) is 28.9 Å². The van der Waals surface area contributed by atoms with Crippen molar-refractivity contribution < 1.29 is 19.1 Å². The zero-order valence-corrected chi connectivity index (χ0v) is 14.5. The first-order valence-corrected chi connectivity index (χ1v) is 8.48. The lowest BCUT2D eigenvalue weighted by atomic mass is 9.83. The number of rotatable bonds is 6. The summed E-state index contributed by atoms with van der Waals surface area (Å²) in [5.41, 5.74) is 7.68. The van der Waals surface area contributed by atoms with E-state index in [-0.39, 0.29) is 18.2 Å². The summed E-state index contributed by atoms with van der Waals surface area (Å²) in [5, 5.41) is 3.16. The van der Waals surface area contributed by atoms with Crippen LogP contribution < -0.4 is 11.1 Å². The van der Waals surface area contributed by atoms with E-state index in [0.717, 1.165) is 0 Å². The first kappa shape index (κ1) is 17.8. The summed E-state index contributed by atoms with van der Waals surface area (Å²) >= 11 is 0. The van der Waals surface area contributed by atoms with Crippen LogP contribution in [0.4, 0.5) is 5.69 Å². The van der Waals surface area contributed by atoms with Crippen molar-refractivity contribution in [1.82, 2.24) is 0 Å². The standard InChI is InChI=1S/C20H20N2O4/c1-12(21)20(25)26-11-5-10-22-16-9-4-8-15-17(16)19(24)14-7-3-2-6-13(14)18(15)23/h2-4,6-9,12,22H,5,10-11,21H2,1H3/t12-/m1/s1. The van der Waals surface area contributed by atoms with Crippen molar-refractivity contribution in [2.75, 3.05) is 18.5 Å². The van der Waals surface area contributed by atoms with Crippen LogP contribution in [0.1, 0.15) is 45.2 Å². The average Bonchev–Trinajstić information content (AvgIpc) is 2.65. The molecule has 3 rings (SSSR count). The van der Waals surface area contributed by atoms with Gasteiger partial charge >= 0.3 is 5.97 Å². The maximum Gasteiger partial charge on any atom is 0.322 e. The van der Waals surface area contributed by atoms with E-state index in [9.17, 15) is 14.4 Å². The highest BCUT2D eigenvalue weighted by Gasteiger charge is 2.31. The number of carbonyl (C=O) groups excluding carboxylic acids is 3. The molecule has 2 aromatic rings. The van der Waals surface area contributed by atoms with Crippen LogP contribution in [0.5, 0.6) is 0 Å². The van der Waals surface area contributed by atoms with Gasteiger partial charge in [0.25, 0.3) is 0 Å². The van der Waals surface area contributed by atoms with Crippen molar-refractivity contribution in [1.29, 1.82) is 0 Å². The summed E-state index contributed by atoms with van der Waals surface area (Å²) < 4.78 is 5.01. The molecule has 1 aliphatic carbocycles. The Hall–Kier alpha value is -2.99. The van der Waals surface area contributed by atoms with Crippen LogP contribution in [0.15, 0.2) is 42.5 Å². The lowest BCUT2D eigenvalue weighted by Gasteiger charge is -2.20. The molecule has 1 atom stereocenters. The topological polar surface area (TPSA) is 98.5 Å². The molecule has 134 valence electrons. The summed E-state index contributed by atoms with van der Waals surface area (Å²) in [6, 6.07) is 11.4. The van der Waals surface area contributed by atoms with E-state index >= 15 is 0 Å². The Balaban J connectivity index is 1.72.